The summed E-state index contributed by atoms with van der Waals surface area (Å²) in [6, 6.07) is 1.77. The van der Waals surface area contributed by atoms with Crippen molar-refractivity contribution in [2.24, 2.45) is 0 Å². The molecular weight excluding hydrogens is 314 g/mol. The average molecular weight is 330 g/mol. The van der Waals surface area contributed by atoms with Crippen LogP contribution in [0.25, 0.3) is 0 Å². The van der Waals surface area contributed by atoms with Crippen molar-refractivity contribution in [2.45, 2.75) is 0 Å². The van der Waals surface area contributed by atoms with Gasteiger partial charge in [-0.2, -0.15) is 0 Å². The minimum Gasteiger partial charge on any atom is -0.468 e. The van der Waals surface area contributed by atoms with Crippen molar-refractivity contribution in [1.82, 2.24) is 14.8 Å². The van der Waals surface area contributed by atoms with E-state index in [2.05, 4.69) is 25.7 Å². The van der Waals surface area contributed by atoms with E-state index in [-0.39, 0.29) is 18.4 Å². The summed E-state index contributed by atoms with van der Waals surface area (Å²) in [5.74, 6) is -0.253. The molecule has 2 rings (SSSR count). The molecule has 2 heterocycles. The Kier molecular flexibility index (Phi) is 4.60. The highest BCUT2D eigenvalue weighted by molar-refractivity contribution is 9.10. The Hall–Kier alpha value is -1.34. The Labute approximate surface area is 119 Å². The molecule has 0 saturated carbocycles. The van der Waals surface area contributed by atoms with E-state index in [1.165, 1.54) is 7.11 Å². The predicted molar refractivity (Wildman–Crippen MR) is 72.9 cm³/mol. The van der Waals surface area contributed by atoms with Crippen LogP contribution in [0.1, 0.15) is 10.5 Å². The highest BCUT2D eigenvalue weighted by Crippen LogP contribution is 2.13. The number of nitrogens with one attached hydrogen (secondary N) is 1. The van der Waals surface area contributed by atoms with Crippen LogP contribution in [0.2, 0.25) is 0 Å². The summed E-state index contributed by atoms with van der Waals surface area (Å²) >= 11 is 3.31. The number of amides is 1. The molecule has 1 aliphatic rings. The Balaban J connectivity index is 1.86. The molecule has 7 heteroatoms. The van der Waals surface area contributed by atoms with Crippen LogP contribution in [-0.2, 0) is 9.53 Å². The number of aromatic amines is 1. The molecule has 0 aliphatic carbocycles. The summed E-state index contributed by atoms with van der Waals surface area (Å²) in [5.41, 5.74) is 0.577. The lowest BCUT2D eigenvalue weighted by Gasteiger charge is -2.33. The molecule has 0 aromatic carbocycles. The first-order valence-corrected chi connectivity index (χ1v) is 6.82. The number of carbonyl (C=O) groups is 2. The van der Waals surface area contributed by atoms with Gasteiger partial charge in [0.05, 0.1) is 13.7 Å². The van der Waals surface area contributed by atoms with E-state index in [1.54, 1.807) is 17.2 Å². The maximum absolute atomic E-state index is 12.2. The Morgan fingerprint density at radius 2 is 2.05 bits per heavy atom. The summed E-state index contributed by atoms with van der Waals surface area (Å²) in [7, 11) is 1.38. The zero-order chi connectivity index (χ0) is 13.8. The highest BCUT2D eigenvalue weighted by Gasteiger charge is 2.24. The van der Waals surface area contributed by atoms with E-state index < -0.39 is 0 Å². The third kappa shape index (κ3) is 3.57. The van der Waals surface area contributed by atoms with Gasteiger partial charge in [-0.25, -0.2) is 0 Å². The van der Waals surface area contributed by atoms with Gasteiger partial charge in [0, 0.05) is 36.8 Å². The third-order valence-electron chi connectivity index (χ3n) is 3.12. The molecule has 0 spiro atoms. The molecule has 0 radical (unpaired) electrons. The number of H-pyrrole nitrogens is 1. The van der Waals surface area contributed by atoms with Crippen LogP contribution in [0.4, 0.5) is 0 Å². The third-order valence-corrected chi connectivity index (χ3v) is 3.58. The van der Waals surface area contributed by atoms with Crippen LogP contribution in [0.15, 0.2) is 16.7 Å². The molecule has 1 aromatic rings. The number of carbonyl (C=O) groups excluding carboxylic acids is 2. The molecular formula is C12H16BrN3O3. The number of nitrogens with zero attached hydrogens (tertiary/aromatic N) is 2. The molecule has 1 saturated heterocycles. The molecule has 0 unspecified atom stereocenters. The summed E-state index contributed by atoms with van der Waals surface area (Å²) in [5, 5.41) is 0. The fourth-order valence-electron chi connectivity index (χ4n) is 2.02. The number of halogens is 1. The first-order chi connectivity index (χ1) is 9.10. The number of rotatable bonds is 3. The summed E-state index contributed by atoms with van der Waals surface area (Å²) in [4.78, 5) is 30.0. The van der Waals surface area contributed by atoms with Crippen molar-refractivity contribution in [1.29, 1.82) is 0 Å². The van der Waals surface area contributed by atoms with Gasteiger partial charge in [-0.05, 0) is 22.0 Å². The van der Waals surface area contributed by atoms with Crippen LogP contribution in [0.5, 0.6) is 0 Å². The summed E-state index contributed by atoms with van der Waals surface area (Å²) in [6.07, 6.45) is 1.74. The number of hydrogen-bond donors (Lipinski definition) is 1. The number of ether oxygens (including phenoxy) is 1. The smallest absolute Gasteiger partial charge is 0.319 e. The van der Waals surface area contributed by atoms with E-state index in [4.69, 9.17) is 0 Å². The zero-order valence-electron chi connectivity index (χ0n) is 10.7. The Morgan fingerprint density at radius 1 is 1.37 bits per heavy atom. The van der Waals surface area contributed by atoms with E-state index in [9.17, 15) is 9.59 Å². The normalized spacial score (nSPS) is 16.4. The minimum atomic E-state index is -0.243. The number of aromatic nitrogens is 1. The van der Waals surface area contributed by atoms with E-state index in [1.807, 2.05) is 4.90 Å². The first-order valence-electron chi connectivity index (χ1n) is 6.02. The average Bonchev–Trinajstić information content (AvgIpc) is 2.85. The number of methoxy groups -OCH3 is 1. The molecule has 6 nitrogen and oxygen atoms in total. The standard InChI is InChI=1S/C12H16BrN3O3/c1-19-11(17)8-15-2-4-16(5-3-15)12(18)10-6-9(13)7-14-10/h6-7,14H,2-5,8H2,1H3. The lowest BCUT2D eigenvalue weighted by Crippen LogP contribution is -2.50. The van der Waals surface area contributed by atoms with Gasteiger partial charge in [0.1, 0.15) is 5.69 Å². The van der Waals surface area contributed by atoms with E-state index >= 15 is 0 Å². The molecule has 1 fully saturated rings. The van der Waals surface area contributed by atoms with Crippen molar-refractivity contribution in [2.75, 3.05) is 39.8 Å². The van der Waals surface area contributed by atoms with Crippen molar-refractivity contribution in [3.05, 3.63) is 22.4 Å². The van der Waals surface area contributed by atoms with Gasteiger partial charge < -0.3 is 14.6 Å². The second kappa shape index (κ2) is 6.21. The lowest BCUT2D eigenvalue weighted by molar-refractivity contribution is -0.142. The molecule has 1 aliphatic heterocycles. The largest absolute Gasteiger partial charge is 0.468 e. The second-order valence-corrected chi connectivity index (χ2v) is 5.29. The molecule has 1 amide bonds. The van der Waals surface area contributed by atoms with Crippen LogP contribution in [0, 0.1) is 0 Å². The van der Waals surface area contributed by atoms with Gasteiger partial charge in [0.2, 0.25) is 0 Å². The van der Waals surface area contributed by atoms with Crippen molar-refractivity contribution < 1.29 is 14.3 Å². The van der Waals surface area contributed by atoms with Gasteiger partial charge in [0.15, 0.2) is 0 Å². The fourth-order valence-corrected chi connectivity index (χ4v) is 2.36. The fraction of sp³-hybridized carbons (Fsp3) is 0.500. The van der Waals surface area contributed by atoms with Gasteiger partial charge in [-0.1, -0.05) is 0 Å². The molecule has 19 heavy (non-hydrogen) atoms. The van der Waals surface area contributed by atoms with Crippen LogP contribution >= 0.6 is 15.9 Å². The van der Waals surface area contributed by atoms with Crippen molar-refractivity contribution >= 4 is 27.8 Å². The zero-order valence-corrected chi connectivity index (χ0v) is 12.3. The van der Waals surface area contributed by atoms with Gasteiger partial charge in [-0.15, -0.1) is 0 Å². The Morgan fingerprint density at radius 3 is 2.58 bits per heavy atom. The van der Waals surface area contributed by atoms with Crippen molar-refractivity contribution in [3.63, 3.8) is 0 Å². The number of piperazine rings is 1. The van der Waals surface area contributed by atoms with Gasteiger partial charge >= 0.3 is 5.97 Å². The monoisotopic (exact) mass is 329 g/mol. The quantitative estimate of drug-likeness (QED) is 0.829. The molecule has 1 N–H and O–H groups in total. The van der Waals surface area contributed by atoms with E-state index in [0.717, 1.165) is 4.47 Å². The molecule has 0 bridgehead atoms. The van der Waals surface area contributed by atoms with Crippen LogP contribution in [-0.4, -0.2) is 66.5 Å². The highest BCUT2D eigenvalue weighted by atomic mass is 79.9. The molecule has 0 atom stereocenters. The van der Waals surface area contributed by atoms with Crippen molar-refractivity contribution in [3.8, 4) is 0 Å². The lowest BCUT2D eigenvalue weighted by atomic mass is 10.3. The van der Waals surface area contributed by atoms with E-state index in [0.29, 0.717) is 31.9 Å². The maximum Gasteiger partial charge on any atom is 0.319 e. The predicted octanol–water partition coefficient (Wildman–Crippen LogP) is 0.708. The van der Waals surface area contributed by atoms with Gasteiger partial charge in [-0.3, -0.25) is 14.5 Å². The molecule has 1 aromatic heterocycles. The minimum absolute atomic E-state index is 0.0107. The summed E-state index contributed by atoms with van der Waals surface area (Å²) < 4.78 is 5.49. The maximum atomic E-state index is 12.2. The van der Waals surface area contributed by atoms with Crippen LogP contribution < -0.4 is 0 Å². The van der Waals surface area contributed by atoms with Crippen LogP contribution in [0.3, 0.4) is 0 Å². The number of hydrogen-bond acceptors (Lipinski definition) is 4. The first kappa shape index (κ1) is 14.1. The topological polar surface area (TPSA) is 65.6 Å². The Bertz CT molecular complexity index is 467. The molecule has 104 valence electrons. The summed E-state index contributed by atoms with van der Waals surface area (Å²) in [6.45, 7) is 2.89. The van der Waals surface area contributed by atoms with Gasteiger partial charge in [0.25, 0.3) is 5.91 Å². The second-order valence-electron chi connectivity index (χ2n) is 4.38. The number of esters is 1. The SMILES string of the molecule is COC(=O)CN1CCN(C(=O)c2cc(Br)c[nH]2)CC1.